The van der Waals surface area contributed by atoms with Gasteiger partial charge in [0.05, 0.1) is 5.54 Å². The summed E-state index contributed by atoms with van der Waals surface area (Å²) in [5.41, 5.74) is 4.25. The Kier molecular flexibility index (Phi) is 2.65. The van der Waals surface area contributed by atoms with E-state index in [1.54, 1.807) is 0 Å². The lowest BCUT2D eigenvalue weighted by atomic mass is 10.0. The lowest BCUT2D eigenvalue weighted by molar-refractivity contribution is 0.0497. The van der Waals surface area contributed by atoms with Crippen LogP contribution in [0.4, 0.5) is 8.78 Å². The molecule has 0 radical (unpaired) electrons. The molecule has 1 saturated heterocycles. The van der Waals surface area contributed by atoms with Gasteiger partial charge in [0.1, 0.15) is 0 Å². The fourth-order valence-corrected chi connectivity index (χ4v) is 1.61. The highest BCUT2D eigenvalue weighted by molar-refractivity contribution is 4.99. The summed E-state index contributed by atoms with van der Waals surface area (Å²) in [5.74, 6) is 0. The lowest BCUT2D eigenvalue weighted by Gasteiger charge is -2.33. The molecule has 2 N–H and O–H groups in total. The number of nitrogens with two attached hydrogens (primary N) is 1. The van der Waals surface area contributed by atoms with Crippen LogP contribution < -0.4 is 5.73 Å². The Morgan fingerprint density at radius 3 is 2.15 bits per heavy atom. The molecule has 1 fully saturated rings. The average Bonchev–Trinajstić information content (AvgIpc) is 2.31. The predicted molar refractivity (Wildman–Crippen MR) is 48.9 cm³/mol. The molecule has 0 aromatic carbocycles. The number of hydrogen-bond donors (Lipinski definition) is 1. The second kappa shape index (κ2) is 3.17. The van der Waals surface area contributed by atoms with E-state index < -0.39 is 12.0 Å². The van der Waals surface area contributed by atoms with Crippen molar-refractivity contribution in [3.8, 4) is 0 Å². The topological polar surface area (TPSA) is 29.3 Å². The van der Waals surface area contributed by atoms with Crippen molar-refractivity contribution in [2.75, 3.05) is 13.1 Å². The van der Waals surface area contributed by atoms with Crippen LogP contribution in [0.5, 0.6) is 0 Å². The van der Waals surface area contributed by atoms with Gasteiger partial charge in [0.2, 0.25) is 0 Å². The first kappa shape index (κ1) is 10.9. The molecule has 0 amide bonds. The summed E-state index contributed by atoms with van der Waals surface area (Å²) in [6.07, 6.45) is -2.03. The zero-order valence-electron chi connectivity index (χ0n) is 8.48. The quantitative estimate of drug-likeness (QED) is 0.681. The molecule has 0 bridgehead atoms. The fraction of sp³-hybridized carbons (Fsp3) is 1.00. The number of likely N-dealkylation sites (tertiary alicyclic amines) is 1. The van der Waals surface area contributed by atoms with Gasteiger partial charge in [-0.3, -0.25) is 4.90 Å². The Hall–Kier alpha value is -0.220. The van der Waals surface area contributed by atoms with E-state index in [1.165, 1.54) is 0 Å². The molecule has 4 heteroatoms. The van der Waals surface area contributed by atoms with Gasteiger partial charge in [-0.1, -0.05) is 0 Å². The molecule has 0 saturated carbocycles. The Morgan fingerprint density at radius 2 is 1.92 bits per heavy atom. The highest BCUT2D eigenvalue weighted by Gasteiger charge is 2.44. The largest absolute Gasteiger partial charge is 0.319 e. The molecule has 1 aliphatic rings. The van der Waals surface area contributed by atoms with E-state index in [4.69, 9.17) is 5.73 Å². The molecule has 1 rings (SSSR count). The molecule has 0 aromatic heterocycles. The van der Waals surface area contributed by atoms with Gasteiger partial charge in [0, 0.05) is 18.6 Å². The predicted octanol–water partition coefficient (Wildman–Crippen LogP) is 1.45. The highest BCUT2D eigenvalue weighted by Crippen LogP contribution is 2.29. The van der Waals surface area contributed by atoms with E-state index in [0.717, 1.165) is 0 Å². The first-order valence-electron chi connectivity index (χ1n) is 4.58. The Balaban J connectivity index is 2.64. The van der Waals surface area contributed by atoms with Crippen molar-refractivity contribution >= 4 is 0 Å². The molecule has 0 spiro atoms. The minimum atomic E-state index is -2.42. The van der Waals surface area contributed by atoms with Gasteiger partial charge >= 0.3 is 0 Å². The smallest absolute Gasteiger partial charge is 0.257 e. The third kappa shape index (κ3) is 2.17. The van der Waals surface area contributed by atoms with Crippen molar-refractivity contribution in [2.45, 2.75) is 44.7 Å². The van der Waals surface area contributed by atoms with Gasteiger partial charge < -0.3 is 5.73 Å². The molecule has 1 heterocycles. The van der Waals surface area contributed by atoms with Gasteiger partial charge in [0.15, 0.2) is 0 Å². The van der Waals surface area contributed by atoms with Gasteiger partial charge in [-0.2, -0.15) is 0 Å². The maximum Gasteiger partial charge on any atom is 0.257 e. The molecule has 0 aromatic rings. The number of rotatable bonds is 1. The Labute approximate surface area is 78.1 Å². The van der Waals surface area contributed by atoms with Gasteiger partial charge in [-0.25, -0.2) is 8.78 Å². The standard InChI is InChI=1S/C9H18F2N2/c1-8(2,3)13-5-4-9(12,6-13)7(10)11/h7H,4-6,12H2,1-3H3. The number of alkyl halides is 2. The number of halogens is 2. The summed E-state index contributed by atoms with van der Waals surface area (Å²) in [7, 11) is 0. The maximum absolute atomic E-state index is 12.5. The fourth-order valence-electron chi connectivity index (χ4n) is 1.61. The van der Waals surface area contributed by atoms with E-state index >= 15 is 0 Å². The maximum atomic E-state index is 12.5. The van der Waals surface area contributed by atoms with Crippen molar-refractivity contribution in [3.05, 3.63) is 0 Å². The van der Waals surface area contributed by atoms with Gasteiger partial charge in [0.25, 0.3) is 6.43 Å². The van der Waals surface area contributed by atoms with Crippen LogP contribution in [-0.2, 0) is 0 Å². The molecule has 1 aliphatic heterocycles. The van der Waals surface area contributed by atoms with Crippen LogP contribution in [0.15, 0.2) is 0 Å². The van der Waals surface area contributed by atoms with Crippen molar-refractivity contribution in [2.24, 2.45) is 5.73 Å². The van der Waals surface area contributed by atoms with E-state index in [-0.39, 0.29) is 5.54 Å². The van der Waals surface area contributed by atoms with E-state index in [2.05, 4.69) is 0 Å². The summed E-state index contributed by atoms with van der Waals surface area (Å²) in [4.78, 5) is 2.01. The Bertz CT molecular complexity index is 189. The second-order valence-electron chi connectivity index (χ2n) is 4.88. The van der Waals surface area contributed by atoms with E-state index in [0.29, 0.717) is 19.5 Å². The molecule has 0 aliphatic carbocycles. The SMILES string of the molecule is CC(C)(C)N1CCC(N)(C(F)F)C1. The number of hydrogen-bond acceptors (Lipinski definition) is 2. The summed E-state index contributed by atoms with van der Waals surface area (Å²) < 4.78 is 25.1. The summed E-state index contributed by atoms with van der Waals surface area (Å²) in [6.45, 7) is 7.02. The van der Waals surface area contributed by atoms with Crippen LogP contribution in [0, 0.1) is 0 Å². The summed E-state index contributed by atoms with van der Waals surface area (Å²) in [6, 6.07) is 0. The first-order valence-corrected chi connectivity index (χ1v) is 4.58. The number of nitrogens with zero attached hydrogens (tertiary/aromatic N) is 1. The van der Waals surface area contributed by atoms with Crippen molar-refractivity contribution < 1.29 is 8.78 Å². The van der Waals surface area contributed by atoms with Crippen LogP contribution in [-0.4, -0.2) is 35.5 Å². The van der Waals surface area contributed by atoms with E-state index in [1.807, 2.05) is 25.7 Å². The van der Waals surface area contributed by atoms with Crippen LogP contribution >= 0.6 is 0 Å². The molecular weight excluding hydrogens is 174 g/mol. The Morgan fingerprint density at radius 1 is 1.38 bits per heavy atom. The molecular formula is C9H18F2N2. The normalized spacial score (nSPS) is 31.6. The first-order chi connectivity index (χ1) is 5.76. The zero-order valence-corrected chi connectivity index (χ0v) is 8.48. The molecule has 78 valence electrons. The van der Waals surface area contributed by atoms with Crippen LogP contribution in [0.2, 0.25) is 0 Å². The third-order valence-corrected chi connectivity index (χ3v) is 2.72. The lowest BCUT2D eigenvalue weighted by Crippen LogP contribution is -2.51. The minimum Gasteiger partial charge on any atom is -0.319 e. The highest BCUT2D eigenvalue weighted by atomic mass is 19.3. The van der Waals surface area contributed by atoms with Crippen molar-refractivity contribution in [3.63, 3.8) is 0 Å². The van der Waals surface area contributed by atoms with Crippen LogP contribution in [0.25, 0.3) is 0 Å². The third-order valence-electron chi connectivity index (χ3n) is 2.72. The summed E-state index contributed by atoms with van der Waals surface area (Å²) >= 11 is 0. The second-order valence-corrected chi connectivity index (χ2v) is 4.88. The average molecular weight is 192 g/mol. The van der Waals surface area contributed by atoms with Crippen LogP contribution in [0.1, 0.15) is 27.2 Å². The zero-order chi connectivity index (χ0) is 10.3. The van der Waals surface area contributed by atoms with Gasteiger partial charge in [-0.05, 0) is 27.2 Å². The monoisotopic (exact) mass is 192 g/mol. The van der Waals surface area contributed by atoms with Gasteiger partial charge in [-0.15, -0.1) is 0 Å². The minimum absolute atomic E-state index is 0.0595. The molecule has 2 nitrogen and oxygen atoms in total. The molecule has 1 atom stereocenters. The van der Waals surface area contributed by atoms with Crippen LogP contribution in [0.3, 0.4) is 0 Å². The van der Waals surface area contributed by atoms with E-state index in [9.17, 15) is 8.78 Å². The molecule has 1 unspecified atom stereocenters. The van der Waals surface area contributed by atoms with Crippen molar-refractivity contribution in [1.29, 1.82) is 0 Å². The van der Waals surface area contributed by atoms with Crippen molar-refractivity contribution in [1.82, 2.24) is 4.90 Å². The molecule has 13 heavy (non-hydrogen) atoms. The summed E-state index contributed by atoms with van der Waals surface area (Å²) in [5, 5.41) is 0.